The van der Waals surface area contributed by atoms with Crippen LogP contribution in [0.3, 0.4) is 0 Å². The maximum absolute atomic E-state index is 5.53. The second-order valence-electron chi connectivity index (χ2n) is 3.84. The molecular weight excluding hydrogens is 180 g/mol. The summed E-state index contributed by atoms with van der Waals surface area (Å²) in [6, 6.07) is 0.746. The van der Waals surface area contributed by atoms with E-state index in [2.05, 4.69) is 18.1 Å². The van der Waals surface area contributed by atoms with Crippen molar-refractivity contribution in [3.8, 4) is 0 Å². The fourth-order valence-corrected chi connectivity index (χ4v) is 3.07. The highest BCUT2D eigenvalue weighted by molar-refractivity contribution is 7.99. The van der Waals surface area contributed by atoms with Crippen LogP contribution in [0.15, 0.2) is 0 Å². The predicted molar refractivity (Wildman–Crippen MR) is 61.2 cm³/mol. The summed E-state index contributed by atoms with van der Waals surface area (Å²) in [5.74, 6) is 0. The molecule has 1 heterocycles. The first-order valence-corrected chi connectivity index (χ1v) is 6.55. The Morgan fingerprint density at radius 2 is 2.31 bits per heavy atom. The minimum Gasteiger partial charge on any atom is -0.330 e. The zero-order valence-electron chi connectivity index (χ0n) is 8.83. The molecule has 0 radical (unpaired) electrons. The lowest BCUT2D eigenvalue weighted by Gasteiger charge is -2.38. The van der Waals surface area contributed by atoms with Crippen molar-refractivity contribution in [2.24, 2.45) is 5.73 Å². The molecule has 3 heteroatoms. The number of rotatable bonds is 4. The Hall–Kier alpha value is 0.270. The number of piperidine rings is 1. The lowest BCUT2D eigenvalue weighted by Crippen LogP contribution is -2.45. The van der Waals surface area contributed by atoms with E-state index in [1.165, 1.54) is 25.9 Å². The second kappa shape index (κ2) is 5.89. The van der Waals surface area contributed by atoms with Crippen molar-refractivity contribution in [2.45, 2.75) is 37.5 Å². The molecule has 0 amide bonds. The standard InChI is InChI=1S/C10H22N2S/c1-9-10(13-2)5-3-7-12(9)8-4-6-11/h9-10H,3-8,11H2,1-2H3/t9-,10-/m1/s1. The number of thioether (sulfide) groups is 1. The Bertz CT molecular complexity index is 141. The molecule has 0 unspecified atom stereocenters. The van der Waals surface area contributed by atoms with Gasteiger partial charge in [-0.25, -0.2) is 0 Å². The maximum atomic E-state index is 5.53. The Balaban J connectivity index is 2.35. The highest BCUT2D eigenvalue weighted by atomic mass is 32.2. The molecule has 2 atom stereocenters. The molecule has 0 aromatic heterocycles. The van der Waals surface area contributed by atoms with E-state index in [0.29, 0.717) is 0 Å². The van der Waals surface area contributed by atoms with Crippen LogP contribution in [-0.4, -0.2) is 42.1 Å². The third kappa shape index (κ3) is 3.15. The fraction of sp³-hybridized carbons (Fsp3) is 1.00. The van der Waals surface area contributed by atoms with Gasteiger partial charge in [0.15, 0.2) is 0 Å². The predicted octanol–water partition coefficient (Wildman–Crippen LogP) is 1.55. The summed E-state index contributed by atoms with van der Waals surface area (Å²) in [6.45, 7) is 5.65. The average molecular weight is 202 g/mol. The van der Waals surface area contributed by atoms with E-state index in [4.69, 9.17) is 5.73 Å². The van der Waals surface area contributed by atoms with E-state index in [9.17, 15) is 0 Å². The summed E-state index contributed by atoms with van der Waals surface area (Å²) >= 11 is 2.02. The van der Waals surface area contributed by atoms with Crippen LogP contribution in [0.1, 0.15) is 26.2 Å². The highest BCUT2D eigenvalue weighted by Gasteiger charge is 2.26. The van der Waals surface area contributed by atoms with Gasteiger partial charge >= 0.3 is 0 Å². The number of likely N-dealkylation sites (tertiary alicyclic amines) is 1. The molecule has 1 saturated heterocycles. The number of nitrogens with zero attached hydrogens (tertiary/aromatic N) is 1. The molecule has 0 saturated carbocycles. The molecule has 0 bridgehead atoms. The third-order valence-electron chi connectivity index (χ3n) is 3.00. The van der Waals surface area contributed by atoms with Gasteiger partial charge in [-0.2, -0.15) is 11.8 Å². The van der Waals surface area contributed by atoms with Gasteiger partial charge in [-0.15, -0.1) is 0 Å². The quantitative estimate of drug-likeness (QED) is 0.750. The summed E-state index contributed by atoms with van der Waals surface area (Å²) in [5, 5.41) is 0.839. The molecule has 2 nitrogen and oxygen atoms in total. The van der Waals surface area contributed by atoms with Crippen LogP contribution in [0.25, 0.3) is 0 Å². The van der Waals surface area contributed by atoms with Gasteiger partial charge in [0.1, 0.15) is 0 Å². The second-order valence-corrected chi connectivity index (χ2v) is 4.91. The van der Waals surface area contributed by atoms with Gasteiger partial charge < -0.3 is 5.73 Å². The molecular formula is C10H22N2S. The zero-order valence-corrected chi connectivity index (χ0v) is 9.65. The van der Waals surface area contributed by atoms with Crippen molar-refractivity contribution < 1.29 is 0 Å². The number of hydrogen-bond donors (Lipinski definition) is 1. The molecule has 13 heavy (non-hydrogen) atoms. The topological polar surface area (TPSA) is 29.3 Å². The van der Waals surface area contributed by atoms with Crippen LogP contribution in [0.5, 0.6) is 0 Å². The Morgan fingerprint density at radius 3 is 2.92 bits per heavy atom. The van der Waals surface area contributed by atoms with Crippen molar-refractivity contribution >= 4 is 11.8 Å². The van der Waals surface area contributed by atoms with Crippen molar-refractivity contribution in [3.63, 3.8) is 0 Å². The number of hydrogen-bond acceptors (Lipinski definition) is 3. The first-order valence-electron chi connectivity index (χ1n) is 5.26. The summed E-state index contributed by atoms with van der Waals surface area (Å²) in [5.41, 5.74) is 5.53. The van der Waals surface area contributed by atoms with Crippen LogP contribution in [0.2, 0.25) is 0 Å². The van der Waals surface area contributed by atoms with E-state index in [1.807, 2.05) is 11.8 Å². The van der Waals surface area contributed by atoms with Crippen molar-refractivity contribution in [1.29, 1.82) is 0 Å². The van der Waals surface area contributed by atoms with Crippen LogP contribution in [0.4, 0.5) is 0 Å². The SMILES string of the molecule is CS[C@@H]1CCCN(CCCN)[C@@H]1C. The van der Waals surface area contributed by atoms with Gasteiger partial charge in [0.25, 0.3) is 0 Å². The van der Waals surface area contributed by atoms with Crippen molar-refractivity contribution in [2.75, 3.05) is 25.9 Å². The Labute approximate surface area is 86.2 Å². The molecule has 1 aliphatic heterocycles. The molecule has 2 N–H and O–H groups in total. The molecule has 0 spiro atoms. The first-order chi connectivity index (χ1) is 6.29. The van der Waals surface area contributed by atoms with E-state index in [-0.39, 0.29) is 0 Å². The third-order valence-corrected chi connectivity index (χ3v) is 4.24. The van der Waals surface area contributed by atoms with E-state index >= 15 is 0 Å². The van der Waals surface area contributed by atoms with E-state index < -0.39 is 0 Å². The molecule has 1 aliphatic rings. The maximum Gasteiger partial charge on any atom is 0.0198 e. The Morgan fingerprint density at radius 1 is 1.54 bits per heavy atom. The molecule has 0 aromatic rings. The van der Waals surface area contributed by atoms with Gasteiger partial charge in [-0.05, 0) is 52.1 Å². The molecule has 1 fully saturated rings. The van der Waals surface area contributed by atoms with Crippen LogP contribution in [0, 0.1) is 0 Å². The molecule has 0 aliphatic carbocycles. The monoisotopic (exact) mass is 202 g/mol. The Kier molecular flexibility index (Phi) is 5.14. The minimum absolute atomic E-state index is 0.746. The summed E-state index contributed by atoms with van der Waals surface area (Å²) in [4.78, 5) is 2.59. The van der Waals surface area contributed by atoms with Crippen LogP contribution in [-0.2, 0) is 0 Å². The summed E-state index contributed by atoms with van der Waals surface area (Å²) in [7, 11) is 0. The van der Waals surface area contributed by atoms with E-state index in [1.54, 1.807) is 0 Å². The lowest BCUT2D eigenvalue weighted by molar-refractivity contribution is 0.166. The van der Waals surface area contributed by atoms with Gasteiger partial charge in [0.2, 0.25) is 0 Å². The fourth-order valence-electron chi connectivity index (χ4n) is 2.10. The first kappa shape index (κ1) is 11.3. The zero-order chi connectivity index (χ0) is 9.68. The van der Waals surface area contributed by atoms with Gasteiger partial charge in [0.05, 0.1) is 0 Å². The summed E-state index contributed by atoms with van der Waals surface area (Å²) in [6.07, 6.45) is 6.13. The normalized spacial score (nSPS) is 30.7. The van der Waals surface area contributed by atoms with Gasteiger partial charge in [-0.1, -0.05) is 0 Å². The van der Waals surface area contributed by atoms with Crippen LogP contribution < -0.4 is 5.73 Å². The van der Waals surface area contributed by atoms with Crippen molar-refractivity contribution in [3.05, 3.63) is 0 Å². The largest absolute Gasteiger partial charge is 0.330 e. The van der Waals surface area contributed by atoms with Crippen molar-refractivity contribution in [1.82, 2.24) is 4.90 Å². The average Bonchev–Trinajstić information content (AvgIpc) is 2.16. The van der Waals surface area contributed by atoms with Gasteiger partial charge in [-0.3, -0.25) is 4.90 Å². The number of nitrogens with two attached hydrogens (primary N) is 1. The highest BCUT2D eigenvalue weighted by Crippen LogP contribution is 2.26. The molecule has 0 aromatic carbocycles. The molecule has 78 valence electrons. The lowest BCUT2D eigenvalue weighted by atomic mass is 10.0. The van der Waals surface area contributed by atoms with Crippen LogP contribution >= 0.6 is 11.8 Å². The summed E-state index contributed by atoms with van der Waals surface area (Å²) < 4.78 is 0. The molecule has 1 rings (SSSR count). The van der Waals surface area contributed by atoms with Gasteiger partial charge in [0, 0.05) is 11.3 Å². The smallest absolute Gasteiger partial charge is 0.0198 e. The minimum atomic E-state index is 0.746. The van der Waals surface area contributed by atoms with E-state index in [0.717, 1.165) is 24.3 Å².